The minimum absolute atomic E-state index is 0.183. The molecule has 0 saturated carbocycles. The number of nitrogens with zero attached hydrogens (tertiary/aromatic N) is 1. The largest absolute Gasteiger partial charge is 0.350 e. The average Bonchev–Trinajstić information content (AvgIpc) is 2.49. The number of benzene rings is 1. The van der Waals surface area contributed by atoms with Crippen molar-refractivity contribution in [3.05, 3.63) is 65.7 Å². The van der Waals surface area contributed by atoms with E-state index in [4.69, 9.17) is 0 Å². The second-order valence-electron chi connectivity index (χ2n) is 4.11. The van der Waals surface area contributed by atoms with Gasteiger partial charge in [0.2, 0.25) is 0 Å². The highest BCUT2D eigenvalue weighted by Gasteiger charge is 2.05. The van der Waals surface area contributed by atoms with Crippen LogP contribution in [0.1, 0.15) is 16.1 Å². The second kappa shape index (κ2) is 7.65. The lowest BCUT2D eigenvalue weighted by Gasteiger charge is -2.05. The van der Waals surface area contributed by atoms with Gasteiger partial charge >= 0.3 is 0 Å². The molecule has 0 aliphatic carbocycles. The van der Waals surface area contributed by atoms with Crippen LogP contribution in [0.25, 0.3) is 0 Å². The Kier molecular flexibility index (Phi) is 5.55. The number of nitrogens with one attached hydrogen (secondary N) is 1. The van der Waals surface area contributed by atoms with Gasteiger partial charge in [-0.05, 0) is 23.8 Å². The van der Waals surface area contributed by atoms with Gasteiger partial charge in [0.15, 0.2) is 0 Å². The highest BCUT2D eigenvalue weighted by atomic mass is 32.2. The summed E-state index contributed by atoms with van der Waals surface area (Å²) in [5.74, 6) is 0.966. The lowest BCUT2D eigenvalue weighted by atomic mass is 10.2. The van der Waals surface area contributed by atoms with Gasteiger partial charge in [0.1, 0.15) is 11.5 Å². The van der Waals surface area contributed by atoms with Crippen LogP contribution in [0.4, 0.5) is 4.39 Å². The first-order valence-electron chi connectivity index (χ1n) is 6.28. The van der Waals surface area contributed by atoms with Gasteiger partial charge in [-0.25, -0.2) is 4.39 Å². The van der Waals surface area contributed by atoms with Crippen LogP contribution < -0.4 is 5.32 Å². The van der Waals surface area contributed by atoms with Crippen LogP contribution in [0.15, 0.2) is 48.7 Å². The molecule has 1 amide bonds. The molecule has 1 aromatic heterocycles. The van der Waals surface area contributed by atoms with Crippen LogP contribution in [0, 0.1) is 5.82 Å². The molecule has 2 rings (SSSR count). The van der Waals surface area contributed by atoms with E-state index in [0.29, 0.717) is 23.6 Å². The summed E-state index contributed by atoms with van der Waals surface area (Å²) >= 11 is 1.58. The molecule has 2 aromatic rings. The van der Waals surface area contributed by atoms with Crippen molar-refractivity contribution in [1.29, 1.82) is 0 Å². The van der Waals surface area contributed by atoms with Crippen molar-refractivity contribution >= 4 is 17.7 Å². The third kappa shape index (κ3) is 4.35. The molecule has 0 bridgehead atoms. The summed E-state index contributed by atoms with van der Waals surface area (Å²) in [6.07, 6.45) is 1.59. The minimum Gasteiger partial charge on any atom is -0.350 e. The van der Waals surface area contributed by atoms with Crippen molar-refractivity contribution in [3.63, 3.8) is 0 Å². The normalized spacial score (nSPS) is 10.2. The molecular weight excluding hydrogens is 275 g/mol. The Labute approximate surface area is 121 Å². The third-order valence-corrected chi connectivity index (χ3v) is 3.65. The highest BCUT2D eigenvalue weighted by molar-refractivity contribution is 7.98. The fourth-order valence-electron chi connectivity index (χ4n) is 1.62. The van der Waals surface area contributed by atoms with Crippen molar-refractivity contribution in [1.82, 2.24) is 10.3 Å². The van der Waals surface area contributed by atoms with Crippen molar-refractivity contribution in [3.8, 4) is 0 Å². The monoisotopic (exact) mass is 290 g/mol. The second-order valence-corrected chi connectivity index (χ2v) is 5.22. The SMILES string of the molecule is O=C(NCCSCc1ccccc1F)c1ccccn1. The van der Waals surface area contributed by atoms with Crippen molar-refractivity contribution in [2.45, 2.75) is 5.75 Å². The van der Waals surface area contributed by atoms with Crippen molar-refractivity contribution in [2.75, 3.05) is 12.3 Å². The maximum Gasteiger partial charge on any atom is 0.269 e. The number of hydrogen-bond donors (Lipinski definition) is 1. The number of carbonyl (C=O) groups is 1. The standard InChI is InChI=1S/C15H15FN2OS/c16-13-6-2-1-5-12(13)11-20-10-9-18-15(19)14-7-3-4-8-17-14/h1-8H,9-11H2,(H,18,19). The third-order valence-electron chi connectivity index (χ3n) is 2.64. The molecule has 1 N–H and O–H groups in total. The molecule has 0 aliphatic rings. The van der Waals surface area contributed by atoms with E-state index >= 15 is 0 Å². The number of pyridine rings is 1. The number of aromatic nitrogens is 1. The maximum atomic E-state index is 13.4. The number of carbonyl (C=O) groups excluding carboxylic acids is 1. The van der Waals surface area contributed by atoms with Gasteiger partial charge in [0, 0.05) is 24.2 Å². The molecule has 0 aliphatic heterocycles. The van der Waals surface area contributed by atoms with E-state index in [1.54, 1.807) is 48.3 Å². The number of halogens is 1. The first-order chi connectivity index (χ1) is 9.77. The smallest absolute Gasteiger partial charge is 0.269 e. The molecule has 0 atom stereocenters. The molecule has 104 valence electrons. The Bertz CT molecular complexity index is 563. The van der Waals surface area contributed by atoms with Gasteiger partial charge in [0.25, 0.3) is 5.91 Å². The van der Waals surface area contributed by atoms with E-state index < -0.39 is 0 Å². The van der Waals surface area contributed by atoms with E-state index in [9.17, 15) is 9.18 Å². The number of rotatable bonds is 6. The van der Waals surface area contributed by atoms with Crippen LogP contribution in [0.3, 0.4) is 0 Å². The topological polar surface area (TPSA) is 42.0 Å². The Hall–Kier alpha value is -1.88. The molecule has 0 spiro atoms. The Morgan fingerprint density at radius 2 is 2.00 bits per heavy atom. The van der Waals surface area contributed by atoms with Crippen LogP contribution in [-0.2, 0) is 5.75 Å². The van der Waals surface area contributed by atoms with Gasteiger partial charge < -0.3 is 5.32 Å². The van der Waals surface area contributed by atoms with Gasteiger partial charge in [0.05, 0.1) is 0 Å². The van der Waals surface area contributed by atoms with Crippen LogP contribution in [-0.4, -0.2) is 23.2 Å². The Morgan fingerprint density at radius 3 is 2.75 bits per heavy atom. The first-order valence-corrected chi connectivity index (χ1v) is 7.43. The van der Waals surface area contributed by atoms with Crippen LogP contribution in [0.5, 0.6) is 0 Å². The summed E-state index contributed by atoms with van der Waals surface area (Å²) in [6, 6.07) is 11.9. The van der Waals surface area contributed by atoms with E-state index in [1.165, 1.54) is 6.07 Å². The Morgan fingerprint density at radius 1 is 1.20 bits per heavy atom. The average molecular weight is 290 g/mol. The van der Waals surface area contributed by atoms with Gasteiger partial charge in [-0.2, -0.15) is 11.8 Å². The van der Waals surface area contributed by atoms with E-state index in [1.807, 2.05) is 6.07 Å². The fraction of sp³-hybridized carbons (Fsp3) is 0.200. The summed E-state index contributed by atoms with van der Waals surface area (Å²) in [6.45, 7) is 0.536. The molecule has 0 radical (unpaired) electrons. The van der Waals surface area contributed by atoms with E-state index in [-0.39, 0.29) is 11.7 Å². The fourth-order valence-corrected chi connectivity index (χ4v) is 2.47. The molecule has 1 heterocycles. The number of thioether (sulfide) groups is 1. The van der Waals surface area contributed by atoms with E-state index in [2.05, 4.69) is 10.3 Å². The van der Waals surface area contributed by atoms with Gasteiger partial charge in [-0.15, -0.1) is 0 Å². The number of amides is 1. The molecule has 0 saturated heterocycles. The molecular formula is C15H15FN2OS. The van der Waals surface area contributed by atoms with Gasteiger partial charge in [-0.3, -0.25) is 9.78 Å². The molecule has 5 heteroatoms. The van der Waals surface area contributed by atoms with Crippen LogP contribution >= 0.6 is 11.8 Å². The summed E-state index contributed by atoms with van der Waals surface area (Å²) in [7, 11) is 0. The molecule has 0 unspecified atom stereocenters. The predicted octanol–water partition coefficient (Wildman–Crippen LogP) is 2.88. The molecule has 0 fully saturated rings. The van der Waals surface area contributed by atoms with Crippen LogP contribution in [0.2, 0.25) is 0 Å². The van der Waals surface area contributed by atoms with Crippen molar-refractivity contribution in [2.24, 2.45) is 0 Å². The summed E-state index contributed by atoms with van der Waals surface area (Å²) in [5, 5.41) is 2.78. The predicted molar refractivity (Wildman–Crippen MR) is 79.1 cm³/mol. The summed E-state index contributed by atoms with van der Waals surface area (Å²) in [5.41, 5.74) is 1.10. The van der Waals surface area contributed by atoms with Crippen molar-refractivity contribution < 1.29 is 9.18 Å². The quantitative estimate of drug-likeness (QED) is 0.832. The first kappa shape index (κ1) is 14.5. The molecule has 20 heavy (non-hydrogen) atoms. The lowest BCUT2D eigenvalue weighted by Crippen LogP contribution is -2.26. The highest BCUT2D eigenvalue weighted by Crippen LogP contribution is 2.14. The molecule has 1 aromatic carbocycles. The zero-order valence-corrected chi connectivity index (χ0v) is 11.7. The van der Waals surface area contributed by atoms with Gasteiger partial charge in [-0.1, -0.05) is 24.3 Å². The lowest BCUT2D eigenvalue weighted by molar-refractivity contribution is 0.0951. The van der Waals surface area contributed by atoms with E-state index in [0.717, 1.165) is 5.75 Å². The zero-order chi connectivity index (χ0) is 14.2. The maximum absolute atomic E-state index is 13.4. The molecule has 3 nitrogen and oxygen atoms in total. The Balaban J connectivity index is 1.67. The zero-order valence-electron chi connectivity index (χ0n) is 10.9. The minimum atomic E-state index is -0.183. The summed E-state index contributed by atoms with van der Waals surface area (Å²) < 4.78 is 13.4. The number of hydrogen-bond acceptors (Lipinski definition) is 3. The summed E-state index contributed by atoms with van der Waals surface area (Å²) in [4.78, 5) is 15.7.